The highest BCUT2D eigenvalue weighted by atomic mass is 35.5. The fraction of sp³-hybridized carbons (Fsp3) is 0.455. The van der Waals surface area contributed by atoms with Gasteiger partial charge in [0.1, 0.15) is 0 Å². The molecule has 0 radical (unpaired) electrons. The van der Waals surface area contributed by atoms with Crippen LogP contribution in [0.5, 0.6) is 0 Å². The summed E-state index contributed by atoms with van der Waals surface area (Å²) in [5, 5.41) is 3.35. The molecule has 1 aliphatic heterocycles. The molecule has 0 amide bonds. The molecule has 0 spiro atoms. The van der Waals surface area contributed by atoms with Gasteiger partial charge in [0.15, 0.2) is 0 Å². The van der Waals surface area contributed by atoms with E-state index >= 15 is 0 Å². The number of nitrogens with zero attached hydrogens (tertiary/aromatic N) is 1. The number of aromatic amines is 1. The summed E-state index contributed by atoms with van der Waals surface area (Å²) >= 11 is 0. The first-order chi connectivity index (χ1) is 6.92. The van der Waals surface area contributed by atoms with Gasteiger partial charge in [-0.15, -0.1) is 31.4 Å². The van der Waals surface area contributed by atoms with Gasteiger partial charge in [0, 0.05) is 38.1 Å². The summed E-state index contributed by atoms with van der Waals surface area (Å²) in [6, 6.07) is 4.50. The van der Waals surface area contributed by atoms with E-state index in [0.717, 1.165) is 26.2 Å². The maximum Gasteiger partial charge on any atom is 0.0682 e. The Hall–Kier alpha value is -0.480. The molecule has 2 heterocycles. The molecule has 92 valence electrons. The monoisotopic (exact) mass is 263 g/mol. The lowest BCUT2D eigenvalue weighted by molar-refractivity contribution is 0.201. The minimum atomic E-state index is 0. The van der Waals surface area contributed by atoms with E-state index in [2.05, 4.69) is 27.8 Å². The molecule has 0 unspecified atom stereocenters. The van der Waals surface area contributed by atoms with Crippen LogP contribution >= 0.6 is 24.8 Å². The average molecular weight is 264 g/mol. The molecule has 16 heavy (non-hydrogen) atoms. The maximum atomic E-state index is 3.91. The van der Waals surface area contributed by atoms with Crippen LogP contribution in [0.1, 0.15) is 11.7 Å². The largest absolute Gasteiger partial charge is 0.363 e. The van der Waals surface area contributed by atoms with Crippen LogP contribution in [-0.4, -0.2) is 36.1 Å². The van der Waals surface area contributed by atoms with E-state index in [0.29, 0.717) is 6.04 Å². The Labute approximate surface area is 109 Å². The normalized spacial score (nSPS) is 18.0. The summed E-state index contributed by atoms with van der Waals surface area (Å²) in [7, 11) is 0. The molecule has 1 aliphatic rings. The highest BCUT2D eigenvalue weighted by Crippen LogP contribution is 2.19. The predicted octanol–water partition coefficient (Wildman–Crippen LogP) is 1.99. The summed E-state index contributed by atoms with van der Waals surface area (Å²) < 4.78 is 0. The van der Waals surface area contributed by atoms with Crippen molar-refractivity contribution in [2.45, 2.75) is 6.04 Å². The van der Waals surface area contributed by atoms with Gasteiger partial charge in [0.05, 0.1) is 6.04 Å². The average Bonchev–Trinajstić information content (AvgIpc) is 2.74. The summed E-state index contributed by atoms with van der Waals surface area (Å²) in [6.07, 6.45) is 3.98. The number of hydrogen-bond acceptors (Lipinski definition) is 2. The van der Waals surface area contributed by atoms with Crippen LogP contribution in [0.25, 0.3) is 0 Å². The van der Waals surface area contributed by atoms with E-state index in [1.165, 1.54) is 5.69 Å². The third-order valence-electron chi connectivity index (χ3n) is 2.71. The van der Waals surface area contributed by atoms with Crippen molar-refractivity contribution in [3.8, 4) is 0 Å². The van der Waals surface area contributed by atoms with Crippen molar-refractivity contribution in [3.05, 3.63) is 36.7 Å². The Kier molecular flexibility index (Phi) is 7.51. The summed E-state index contributed by atoms with van der Waals surface area (Å²) in [5.74, 6) is 0. The van der Waals surface area contributed by atoms with Crippen molar-refractivity contribution in [1.82, 2.24) is 15.2 Å². The van der Waals surface area contributed by atoms with Crippen LogP contribution in [0.2, 0.25) is 0 Å². The van der Waals surface area contributed by atoms with Crippen molar-refractivity contribution in [2.24, 2.45) is 0 Å². The molecular weight excluding hydrogens is 245 g/mol. The Bertz CT molecular complexity index is 281. The number of H-pyrrole nitrogens is 1. The predicted molar refractivity (Wildman–Crippen MR) is 72.7 cm³/mol. The van der Waals surface area contributed by atoms with Gasteiger partial charge in [-0.1, -0.05) is 6.08 Å². The topological polar surface area (TPSA) is 31.1 Å². The number of hydrogen-bond donors (Lipinski definition) is 2. The highest BCUT2D eigenvalue weighted by Gasteiger charge is 2.19. The molecule has 2 rings (SSSR count). The van der Waals surface area contributed by atoms with Crippen molar-refractivity contribution in [2.75, 3.05) is 26.2 Å². The second kappa shape index (κ2) is 7.74. The molecule has 1 fully saturated rings. The van der Waals surface area contributed by atoms with Gasteiger partial charge >= 0.3 is 0 Å². The number of piperazine rings is 1. The minimum Gasteiger partial charge on any atom is -0.363 e. The van der Waals surface area contributed by atoms with E-state index < -0.39 is 0 Å². The zero-order valence-electron chi connectivity index (χ0n) is 9.19. The molecule has 0 aromatic carbocycles. The van der Waals surface area contributed by atoms with E-state index in [4.69, 9.17) is 0 Å². The first kappa shape index (κ1) is 15.5. The Balaban J connectivity index is 0.00000112. The van der Waals surface area contributed by atoms with Crippen LogP contribution in [0.4, 0.5) is 0 Å². The highest BCUT2D eigenvalue weighted by molar-refractivity contribution is 5.85. The number of halogens is 2. The van der Waals surface area contributed by atoms with Crippen molar-refractivity contribution in [3.63, 3.8) is 0 Å². The molecular formula is C11H19Cl2N3. The smallest absolute Gasteiger partial charge is 0.0682 e. The summed E-state index contributed by atoms with van der Waals surface area (Å²) in [6.45, 7) is 8.24. The van der Waals surface area contributed by atoms with Crippen LogP contribution in [0.15, 0.2) is 31.0 Å². The van der Waals surface area contributed by atoms with E-state index in [1.807, 2.05) is 18.3 Å². The lowest BCUT2D eigenvalue weighted by Crippen LogP contribution is -2.44. The number of nitrogens with one attached hydrogen (secondary N) is 2. The SMILES string of the molecule is C=C[C@H](c1ccc[nH]1)N1CCNCC1.Cl.Cl. The van der Waals surface area contributed by atoms with Gasteiger partial charge in [-0.2, -0.15) is 0 Å². The van der Waals surface area contributed by atoms with Crippen LogP contribution in [-0.2, 0) is 0 Å². The van der Waals surface area contributed by atoms with Crippen molar-refractivity contribution >= 4 is 24.8 Å². The fourth-order valence-corrected chi connectivity index (χ4v) is 1.96. The molecule has 0 saturated carbocycles. The number of rotatable bonds is 3. The minimum absolute atomic E-state index is 0. The van der Waals surface area contributed by atoms with Crippen LogP contribution in [0.3, 0.4) is 0 Å². The molecule has 1 saturated heterocycles. The molecule has 0 bridgehead atoms. The van der Waals surface area contributed by atoms with Gasteiger partial charge in [-0.25, -0.2) is 0 Å². The fourth-order valence-electron chi connectivity index (χ4n) is 1.96. The van der Waals surface area contributed by atoms with Crippen LogP contribution in [0, 0.1) is 0 Å². The van der Waals surface area contributed by atoms with Gasteiger partial charge in [-0.05, 0) is 12.1 Å². The van der Waals surface area contributed by atoms with Gasteiger partial charge < -0.3 is 10.3 Å². The molecule has 0 aliphatic carbocycles. The standard InChI is InChI=1S/C11H17N3.2ClH/c1-2-11(10-4-3-5-13-10)14-8-6-12-7-9-14;;/h2-5,11-13H,1,6-9H2;2*1H/t11-;;/m1../s1. The summed E-state index contributed by atoms with van der Waals surface area (Å²) in [4.78, 5) is 5.69. The molecule has 1 atom stereocenters. The third-order valence-corrected chi connectivity index (χ3v) is 2.71. The lowest BCUT2D eigenvalue weighted by Gasteiger charge is -2.32. The molecule has 2 N–H and O–H groups in total. The first-order valence-electron chi connectivity index (χ1n) is 5.12. The summed E-state index contributed by atoms with van der Waals surface area (Å²) in [5.41, 5.74) is 1.24. The Morgan fingerprint density at radius 2 is 2.00 bits per heavy atom. The van der Waals surface area contributed by atoms with Crippen LogP contribution < -0.4 is 5.32 Å². The molecule has 5 heteroatoms. The zero-order chi connectivity index (χ0) is 9.80. The Morgan fingerprint density at radius 1 is 1.31 bits per heavy atom. The lowest BCUT2D eigenvalue weighted by atomic mass is 10.1. The van der Waals surface area contributed by atoms with E-state index in [1.54, 1.807) is 0 Å². The zero-order valence-corrected chi connectivity index (χ0v) is 10.8. The molecule has 3 nitrogen and oxygen atoms in total. The quantitative estimate of drug-likeness (QED) is 0.818. The van der Waals surface area contributed by atoms with Gasteiger partial charge in [-0.3, -0.25) is 4.90 Å². The van der Waals surface area contributed by atoms with Gasteiger partial charge in [0.25, 0.3) is 0 Å². The van der Waals surface area contributed by atoms with Crippen molar-refractivity contribution in [1.29, 1.82) is 0 Å². The molecule has 1 aromatic heterocycles. The second-order valence-electron chi connectivity index (χ2n) is 3.59. The second-order valence-corrected chi connectivity index (χ2v) is 3.59. The maximum absolute atomic E-state index is 3.91. The Morgan fingerprint density at radius 3 is 2.50 bits per heavy atom. The van der Waals surface area contributed by atoms with E-state index in [-0.39, 0.29) is 24.8 Å². The third kappa shape index (κ3) is 3.52. The number of aromatic nitrogens is 1. The first-order valence-corrected chi connectivity index (χ1v) is 5.12. The van der Waals surface area contributed by atoms with Gasteiger partial charge in [0.2, 0.25) is 0 Å². The molecule has 1 aromatic rings. The van der Waals surface area contributed by atoms with E-state index in [9.17, 15) is 0 Å². The van der Waals surface area contributed by atoms with Crippen molar-refractivity contribution < 1.29 is 0 Å².